The molecule has 0 amide bonds. The second kappa shape index (κ2) is 4.80. The number of hydrogen-bond acceptors (Lipinski definition) is 4. The van der Waals surface area contributed by atoms with Gasteiger partial charge in [-0.05, 0) is 52.4 Å². The lowest BCUT2D eigenvalue weighted by molar-refractivity contribution is -0.189. The number of fused-ring (bicyclic) bond motifs is 4. The van der Waals surface area contributed by atoms with Crippen LogP contribution in [0.2, 0.25) is 0 Å². The molecule has 3 atom stereocenters. The van der Waals surface area contributed by atoms with Crippen LogP contribution in [0.15, 0.2) is 0 Å². The Morgan fingerprint density at radius 1 is 1.53 bits per heavy atom. The van der Waals surface area contributed by atoms with E-state index >= 15 is 0 Å². The maximum absolute atomic E-state index is 12.2. The van der Waals surface area contributed by atoms with E-state index in [1.807, 2.05) is 27.7 Å². The molecule has 1 saturated carbocycles. The van der Waals surface area contributed by atoms with Crippen LogP contribution in [0.4, 0.5) is 0 Å². The average Bonchev–Trinajstić information content (AvgIpc) is 2.54. The summed E-state index contributed by atoms with van der Waals surface area (Å²) in [7, 11) is 0. The number of esters is 2. The highest BCUT2D eigenvalue weighted by atomic mass is 16.6. The van der Waals surface area contributed by atoms with Crippen LogP contribution < -0.4 is 0 Å². The SMILES string of the molecule is CCC(C)(C)C(=O)OC1CC2CCC1(C)OC(=O)C2. The third kappa shape index (κ3) is 2.77. The Morgan fingerprint density at radius 2 is 2.21 bits per heavy atom. The standard InChI is InChI=1S/C15H24O4/c1-5-14(2,3)13(17)18-11-8-10-6-7-15(11,4)19-12(16)9-10/h10-11H,5-9H2,1-4H3. The maximum Gasteiger partial charge on any atom is 0.311 e. The highest BCUT2D eigenvalue weighted by Crippen LogP contribution is 2.42. The zero-order valence-electron chi connectivity index (χ0n) is 12.3. The first-order valence-electron chi connectivity index (χ1n) is 7.20. The van der Waals surface area contributed by atoms with Gasteiger partial charge in [-0.15, -0.1) is 0 Å². The van der Waals surface area contributed by atoms with Gasteiger partial charge in [0.15, 0.2) is 0 Å². The Labute approximate surface area is 114 Å². The van der Waals surface area contributed by atoms with Gasteiger partial charge in [-0.25, -0.2) is 0 Å². The molecule has 0 aromatic heterocycles. The zero-order chi connectivity index (χ0) is 14.3. The van der Waals surface area contributed by atoms with Crippen LogP contribution in [-0.2, 0) is 19.1 Å². The van der Waals surface area contributed by atoms with Gasteiger partial charge in [0.2, 0.25) is 0 Å². The van der Waals surface area contributed by atoms with Crippen LogP contribution in [0.3, 0.4) is 0 Å². The summed E-state index contributed by atoms with van der Waals surface area (Å²) >= 11 is 0. The van der Waals surface area contributed by atoms with Crippen molar-refractivity contribution in [3.63, 3.8) is 0 Å². The molecule has 2 aliphatic heterocycles. The molecule has 3 aliphatic rings. The molecule has 4 heteroatoms. The molecule has 3 fully saturated rings. The molecule has 3 unspecified atom stereocenters. The molecule has 108 valence electrons. The quantitative estimate of drug-likeness (QED) is 0.739. The molecule has 0 radical (unpaired) electrons. The molecule has 4 nitrogen and oxygen atoms in total. The molecule has 3 rings (SSSR count). The molecular formula is C15H24O4. The van der Waals surface area contributed by atoms with Gasteiger partial charge in [0, 0.05) is 6.42 Å². The first-order valence-corrected chi connectivity index (χ1v) is 7.20. The number of carbonyl (C=O) groups excluding carboxylic acids is 2. The predicted octanol–water partition coefficient (Wildman–Crippen LogP) is 2.84. The summed E-state index contributed by atoms with van der Waals surface area (Å²) in [6.45, 7) is 7.64. The average molecular weight is 268 g/mol. The lowest BCUT2D eigenvalue weighted by atomic mass is 9.77. The molecule has 2 saturated heterocycles. The van der Waals surface area contributed by atoms with Gasteiger partial charge in [0.1, 0.15) is 11.7 Å². The van der Waals surface area contributed by atoms with Crippen molar-refractivity contribution in [3.8, 4) is 0 Å². The second-order valence-electron chi connectivity index (χ2n) is 6.76. The van der Waals surface area contributed by atoms with Crippen LogP contribution in [0.1, 0.15) is 59.8 Å². The van der Waals surface area contributed by atoms with E-state index in [4.69, 9.17) is 9.47 Å². The van der Waals surface area contributed by atoms with Crippen molar-refractivity contribution in [2.24, 2.45) is 11.3 Å². The van der Waals surface area contributed by atoms with Crippen molar-refractivity contribution in [1.82, 2.24) is 0 Å². The van der Waals surface area contributed by atoms with Gasteiger partial charge in [-0.2, -0.15) is 0 Å². The van der Waals surface area contributed by atoms with Crippen molar-refractivity contribution < 1.29 is 19.1 Å². The maximum atomic E-state index is 12.2. The van der Waals surface area contributed by atoms with Gasteiger partial charge >= 0.3 is 11.9 Å². The van der Waals surface area contributed by atoms with Crippen LogP contribution in [-0.4, -0.2) is 23.6 Å². The number of carbonyl (C=O) groups is 2. The third-order valence-electron chi connectivity index (χ3n) is 4.77. The van der Waals surface area contributed by atoms with E-state index < -0.39 is 11.0 Å². The summed E-state index contributed by atoms with van der Waals surface area (Å²) in [5.41, 5.74) is -1.12. The molecule has 19 heavy (non-hydrogen) atoms. The molecule has 0 N–H and O–H groups in total. The van der Waals surface area contributed by atoms with Gasteiger partial charge in [-0.1, -0.05) is 6.92 Å². The Morgan fingerprint density at radius 3 is 2.84 bits per heavy atom. The van der Waals surface area contributed by atoms with Crippen molar-refractivity contribution in [3.05, 3.63) is 0 Å². The number of ether oxygens (including phenoxy) is 2. The van der Waals surface area contributed by atoms with Crippen LogP contribution >= 0.6 is 0 Å². The van der Waals surface area contributed by atoms with Crippen LogP contribution in [0.5, 0.6) is 0 Å². The van der Waals surface area contributed by atoms with Crippen molar-refractivity contribution in [2.45, 2.75) is 71.5 Å². The van der Waals surface area contributed by atoms with E-state index in [9.17, 15) is 9.59 Å². The lowest BCUT2D eigenvalue weighted by Gasteiger charge is -2.40. The topological polar surface area (TPSA) is 52.6 Å². The smallest absolute Gasteiger partial charge is 0.311 e. The molecule has 1 aliphatic carbocycles. The Bertz CT molecular complexity index is 388. The normalized spacial score (nSPS) is 34.6. The van der Waals surface area contributed by atoms with E-state index in [-0.39, 0.29) is 18.0 Å². The minimum atomic E-state index is -0.635. The highest BCUT2D eigenvalue weighted by Gasteiger charge is 2.49. The van der Waals surface area contributed by atoms with Gasteiger partial charge in [0.05, 0.1) is 5.41 Å². The van der Waals surface area contributed by atoms with Crippen molar-refractivity contribution in [1.29, 1.82) is 0 Å². The van der Waals surface area contributed by atoms with Gasteiger partial charge in [-0.3, -0.25) is 9.59 Å². The fraction of sp³-hybridized carbons (Fsp3) is 0.867. The van der Waals surface area contributed by atoms with Crippen molar-refractivity contribution in [2.75, 3.05) is 0 Å². The fourth-order valence-electron chi connectivity index (χ4n) is 2.77. The first kappa shape index (κ1) is 14.4. The fourth-order valence-corrected chi connectivity index (χ4v) is 2.77. The highest BCUT2D eigenvalue weighted by molar-refractivity contribution is 5.76. The minimum Gasteiger partial charge on any atom is -0.458 e. The monoisotopic (exact) mass is 268 g/mol. The molecule has 0 spiro atoms. The zero-order valence-corrected chi connectivity index (χ0v) is 12.3. The minimum absolute atomic E-state index is 0.154. The van der Waals surface area contributed by atoms with E-state index in [1.165, 1.54) is 0 Å². The molecular weight excluding hydrogens is 244 g/mol. The third-order valence-corrected chi connectivity index (χ3v) is 4.77. The van der Waals surface area contributed by atoms with Crippen molar-refractivity contribution >= 4 is 11.9 Å². The van der Waals surface area contributed by atoms with E-state index in [0.29, 0.717) is 12.3 Å². The van der Waals surface area contributed by atoms with E-state index in [0.717, 1.165) is 25.7 Å². The first-order chi connectivity index (χ1) is 8.77. The van der Waals surface area contributed by atoms with Gasteiger partial charge < -0.3 is 9.47 Å². The van der Waals surface area contributed by atoms with Crippen LogP contribution in [0.25, 0.3) is 0 Å². The molecule has 0 aromatic carbocycles. The number of hydrogen-bond donors (Lipinski definition) is 0. The second-order valence-corrected chi connectivity index (χ2v) is 6.76. The summed E-state index contributed by atoms with van der Waals surface area (Å²) in [5, 5.41) is 0. The molecule has 2 bridgehead atoms. The van der Waals surface area contributed by atoms with Gasteiger partial charge in [0.25, 0.3) is 0 Å². The van der Waals surface area contributed by atoms with E-state index in [1.54, 1.807) is 0 Å². The van der Waals surface area contributed by atoms with E-state index in [2.05, 4.69) is 0 Å². The number of rotatable bonds is 3. The molecule has 0 aromatic rings. The Kier molecular flexibility index (Phi) is 3.63. The summed E-state index contributed by atoms with van der Waals surface area (Å²) in [5.74, 6) is -0.0475. The predicted molar refractivity (Wildman–Crippen MR) is 70.4 cm³/mol. The molecule has 2 heterocycles. The summed E-state index contributed by atoms with van der Waals surface area (Å²) in [6, 6.07) is 0. The Balaban J connectivity index is 2.13. The summed E-state index contributed by atoms with van der Waals surface area (Å²) < 4.78 is 11.2. The largest absolute Gasteiger partial charge is 0.458 e. The summed E-state index contributed by atoms with van der Waals surface area (Å²) in [6.07, 6.45) is 3.41. The summed E-state index contributed by atoms with van der Waals surface area (Å²) in [4.78, 5) is 23.9. The Hall–Kier alpha value is -1.06. The lowest BCUT2D eigenvalue weighted by Crippen LogP contribution is -2.48. The van der Waals surface area contributed by atoms with Crippen LogP contribution in [0, 0.1) is 11.3 Å².